The van der Waals surface area contributed by atoms with Crippen LogP contribution in [0.3, 0.4) is 0 Å². The Bertz CT molecular complexity index is 823. The molecular formula is C24H26NO2S+. The van der Waals surface area contributed by atoms with E-state index in [2.05, 4.69) is 60.7 Å². The van der Waals surface area contributed by atoms with Crippen molar-refractivity contribution in [3.8, 4) is 5.75 Å². The highest BCUT2D eigenvalue weighted by Crippen LogP contribution is 2.31. The first-order valence-electron chi connectivity index (χ1n) is 9.58. The van der Waals surface area contributed by atoms with Gasteiger partial charge in [-0.3, -0.25) is 4.79 Å². The molecule has 0 aliphatic heterocycles. The van der Waals surface area contributed by atoms with Crippen molar-refractivity contribution >= 4 is 16.8 Å². The lowest BCUT2D eigenvalue weighted by Gasteiger charge is -2.18. The Morgan fingerprint density at radius 1 is 0.750 bits per heavy atom. The van der Waals surface area contributed by atoms with Gasteiger partial charge in [0.25, 0.3) is 5.91 Å². The normalized spacial score (nSPS) is 10.7. The maximum atomic E-state index is 12.1. The quantitative estimate of drug-likeness (QED) is 0.503. The van der Waals surface area contributed by atoms with Crippen LogP contribution in [0, 0.1) is 0 Å². The lowest BCUT2D eigenvalue weighted by atomic mass is 10.3. The van der Waals surface area contributed by atoms with Gasteiger partial charge in [-0.05, 0) is 62.4 Å². The third kappa shape index (κ3) is 4.96. The van der Waals surface area contributed by atoms with E-state index in [-0.39, 0.29) is 23.4 Å². The van der Waals surface area contributed by atoms with Crippen molar-refractivity contribution in [3.63, 3.8) is 0 Å². The summed E-state index contributed by atoms with van der Waals surface area (Å²) in [6.07, 6.45) is 0. The van der Waals surface area contributed by atoms with Crippen LogP contribution in [0.5, 0.6) is 5.75 Å². The molecule has 28 heavy (non-hydrogen) atoms. The molecule has 4 heteroatoms. The van der Waals surface area contributed by atoms with E-state index in [1.165, 1.54) is 14.7 Å². The minimum atomic E-state index is -0.177. The number of hydrogen-bond acceptors (Lipinski definition) is 2. The molecule has 0 radical (unpaired) electrons. The van der Waals surface area contributed by atoms with Gasteiger partial charge in [0.05, 0.1) is 10.9 Å². The highest BCUT2D eigenvalue weighted by Gasteiger charge is 2.28. The first-order valence-corrected chi connectivity index (χ1v) is 10.8. The number of amides is 1. The van der Waals surface area contributed by atoms with Crippen LogP contribution >= 0.6 is 0 Å². The van der Waals surface area contributed by atoms with Gasteiger partial charge in [0.15, 0.2) is 21.3 Å². The fourth-order valence-electron chi connectivity index (χ4n) is 3.01. The number of ether oxygens (including phenoxy) is 1. The number of carbonyl (C=O) groups is 1. The van der Waals surface area contributed by atoms with Crippen LogP contribution in [-0.2, 0) is 15.7 Å². The molecule has 0 saturated carbocycles. The number of benzene rings is 3. The van der Waals surface area contributed by atoms with Crippen molar-refractivity contribution in [2.45, 2.75) is 28.5 Å². The second-order valence-electron chi connectivity index (χ2n) is 6.26. The summed E-state index contributed by atoms with van der Waals surface area (Å²) < 4.78 is 5.71. The highest BCUT2D eigenvalue weighted by molar-refractivity contribution is 7.97. The van der Waals surface area contributed by atoms with Crippen LogP contribution in [0.25, 0.3) is 0 Å². The van der Waals surface area contributed by atoms with E-state index < -0.39 is 0 Å². The first-order chi connectivity index (χ1) is 13.7. The van der Waals surface area contributed by atoms with Gasteiger partial charge in [0.2, 0.25) is 0 Å². The highest BCUT2D eigenvalue weighted by atomic mass is 32.2. The largest absolute Gasteiger partial charge is 0.484 e. The smallest absolute Gasteiger partial charge is 0.260 e. The molecular weight excluding hydrogens is 366 g/mol. The summed E-state index contributed by atoms with van der Waals surface area (Å²) in [5, 5.41) is 0. The average molecular weight is 393 g/mol. The summed E-state index contributed by atoms with van der Waals surface area (Å²) >= 11 is 0. The van der Waals surface area contributed by atoms with Crippen molar-refractivity contribution < 1.29 is 9.53 Å². The second-order valence-corrected chi connectivity index (χ2v) is 8.28. The van der Waals surface area contributed by atoms with E-state index in [9.17, 15) is 4.79 Å². The van der Waals surface area contributed by atoms with Crippen molar-refractivity contribution in [1.82, 2.24) is 4.90 Å². The van der Waals surface area contributed by atoms with E-state index in [1.54, 1.807) is 4.90 Å². The molecule has 1 amide bonds. The molecule has 3 aromatic rings. The molecule has 0 aromatic heterocycles. The van der Waals surface area contributed by atoms with Gasteiger partial charge in [0, 0.05) is 13.1 Å². The molecule has 0 unspecified atom stereocenters. The third-order valence-electron chi connectivity index (χ3n) is 4.50. The maximum Gasteiger partial charge on any atom is 0.260 e. The zero-order chi connectivity index (χ0) is 19.8. The summed E-state index contributed by atoms with van der Waals surface area (Å²) in [5.41, 5.74) is 0. The molecule has 3 aromatic carbocycles. The summed E-state index contributed by atoms with van der Waals surface area (Å²) in [6, 6.07) is 29.2. The predicted octanol–water partition coefficient (Wildman–Crippen LogP) is 5.03. The van der Waals surface area contributed by atoms with E-state index in [4.69, 9.17) is 4.74 Å². The summed E-state index contributed by atoms with van der Waals surface area (Å²) in [7, 11) is -0.177. The molecule has 0 bridgehead atoms. The van der Waals surface area contributed by atoms with Gasteiger partial charge in [-0.2, -0.15) is 0 Å². The van der Waals surface area contributed by atoms with E-state index in [1.807, 2.05) is 38.1 Å². The Hall–Kier alpha value is -2.72. The molecule has 0 saturated heterocycles. The lowest BCUT2D eigenvalue weighted by Crippen LogP contribution is -2.34. The van der Waals surface area contributed by atoms with Gasteiger partial charge >= 0.3 is 0 Å². The minimum absolute atomic E-state index is 0.0161. The lowest BCUT2D eigenvalue weighted by molar-refractivity contribution is -0.132. The molecule has 0 aliphatic carbocycles. The number of likely N-dealkylation sites (N-methyl/N-ethyl adjacent to an activating group) is 1. The first kappa shape index (κ1) is 20.0. The molecule has 0 aliphatic rings. The van der Waals surface area contributed by atoms with Crippen LogP contribution < -0.4 is 4.74 Å². The van der Waals surface area contributed by atoms with Gasteiger partial charge in [-0.25, -0.2) is 0 Å². The van der Waals surface area contributed by atoms with Crippen LogP contribution in [0.15, 0.2) is 99.6 Å². The molecule has 3 rings (SSSR count). The minimum Gasteiger partial charge on any atom is -0.484 e. The third-order valence-corrected chi connectivity index (χ3v) is 6.73. The molecule has 3 nitrogen and oxygen atoms in total. The molecule has 0 N–H and O–H groups in total. The van der Waals surface area contributed by atoms with Crippen LogP contribution in [0.2, 0.25) is 0 Å². The van der Waals surface area contributed by atoms with E-state index >= 15 is 0 Å². The van der Waals surface area contributed by atoms with Gasteiger partial charge in [-0.1, -0.05) is 36.4 Å². The monoisotopic (exact) mass is 392 g/mol. The zero-order valence-electron chi connectivity index (χ0n) is 16.4. The maximum absolute atomic E-state index is 12.1. The molecule has 0 atom stereocenters. The number of nitrogens with zero attached hydrogens (tertiary/aromatic N) is 1. The second kappa shape index (κ2) is 10.00. The van der Waals surface area contributed by atoms with Gasteiger partial charge < -0.3 is 9.64 Å². The topological polar surface area (TPSA) is 29.5 Å². The molecule has 0 fully saturated rings. The molecule has 0 heterocycles. The number of rotatable bonds is 8. The fraction of sp³-hybridized carbons (Fsp3) is 0.208. The SMILES string of the molecule is CCN(CC)C(=O)COc1ccc([S+](c2ccccc2)c2ccccc2)cc1. The van der Waals surface area contributed by atoms with Crippen LogP contribution in [0.4, 0.5) is 0 Å². The van der Waals surface area contributed by atoms with Gasteiger partial charge in [-0.15, -0.1) is 0 Å². The van der Waals surface area contributed by atoms with Crippen molar-refractivity contribution in [1.29, 1.82) is 0 Å². The van der Waals surface area contributed by atoms with Crippen molar-refractivity contribution in [2.75, 3.05) is 19.7 Å². The Balaban J connectivity index is 1.79. The predicted molar refractivity (Wildman–Crippen MR) is 115 cm³/mol. The number of hydrogen-bond donors (Lipinski definition) is 0. The van der Waals surface area contributed by atoms with Crippen molar-refractivity contribution in [3.05, 3.63) is 84.9 Å². The Labute approximate surface area is 170 Å². The standard InChI is InChI=1S/C24H26NO2S/c1-3-25(4-2)24(26)19-27-20-15-17-23(18-16-20)28(21-11-7-5-8-12-21)22-13-9-6-10-14-22/h5-18H,3-4,19H2,1-2H3/q+1. The summed E-state index contributed by atoms with van der Waals surface area (Å²) in [4.78, 5) is 17.7. The number of carbonyl (C=O) groups excluding carboxylic acids is 1. The van der Waals surface area contributed by atoms with Gasteiger partial charge in [0.1, 0.15) is 5.75 Å². The summed E-state index contributed by atoms with van der Waals surface area (Å²) in [6.45, 7) is 5.43. The average Bonchev–Trinajstić information content (AvgIpc) is 2.76. The van der Waals surface area contributed by atoms with E-state index in [0.717, 1.165) is 0 Å². The van der Waals surface area contributed by atoms with Crippen molar-refractivity contribution in [2.24, 2.45) is 0 Å². The Morgan fingerprint density at radius 3 is 1.68 bits per heavy atom. The van der Waals surface area contributed by atoms with Crippen LogP contribution in [0.1, 0.15) is 13.8 Å². The Morgan fingerprint density at radius 2 is 1.21 bits per heavy atom. The fourth-order valence-corrected chi connectivity index (χ4v) is 5.09. The summed E-state index contributed by atoms with van der Waals surface area (Å²) in [5.74, 6) is 0.733. The Kier molecular flexibility index (Phi) is 7.15. The van der Waals surface area contributed by atoms with E-state index in [0.29, 0.717) is 18.8 Å². The van der Waals surface area contributed by atoms with Crippen LogP contribution in [-0.4, -0.2) is 30.5 Å². The molecule has 0 spiro atoms. The molecule has 144 valence electrons. The zero-order valence-corrected chi connectivity index (χ0v) is 17.2.